The molecular formula is C9H11F3N2O. The van der Waals surface area contributed by atoms with E-state index in [-0.39, 0.29) is 11.7 Å². The maximum absolute atomic E-state index is 12.3. The summed E-state index contributed by atoms with van der Waals surface area (Å²) in [6.07, 6.45) is -3.74. The van der Waals surface area contributed by atoms with Crippen molar-refractivity contribution in [2.24, 2.45) is 0 Å². The number of nitrogen functional groups attached to an aromatic ring is 1. The third kappa shape index (κ3) is 3.30. The molecule has 3 nitrogen and oxygen atoms in total. The van der Waals surface area contributed by atoms with Crippen molar-refractivity contribution in [1.29, 1.82) is 0 Å². The molecule has 0 fully saturated rings. The minimum Gasteiger partial charge on any atom is -0.478 e. The molecule has 0 saturated carbocycles. The Balaban J connectivity index is 2.95. The first-order valence-electron chi connectivity index (χ1n) is 4.41. The predicted octanol–water partition coefficient (Wildman–Crippen LogP) is 2.47. The Bertz CT molecular complexity index is 339. The fraction of sp³-hybridized carbons (Fsp3) is 0.444. The zero-order valence-corrected chi connectivity index (χ0v) is 8.14. The second-order valence-electron chi connectivity index (χ2n) is 2.97. The third-order valence-corrected chi connectivity index (χ3v) is 1.60. The van der Waals surface area contributed by atoms with Gasteiger partial charge in [-0.1, -0.05) is 6.92 Å². The third-order valence-electron chi connectivity index (χ3n) is 1.60. The lowest BCUT2D eigenvalue weighted by Crippen LogP contribution is -2.08. The standard InChI is InChI=1S/C9H11F3N2O/c1-2-3-15-8-5-6(9(10,11)12)4-7(13)14-8/h4-5H,2-3H2,1H3,(H2,13,14). The fourth-order valence-electron chi connectivity index (χ4n) is 0.970. The molecule has 1 aromatic rings. The van der Waals surface area contributed by atoms with Crippen molar-refractivity contribution in [2.45, 2.75) is 19.5 Å². The molecule has 84 valence electrons. The predicted molar refractivity (Wildman–Crippen MR) is 49.4 cm³/mol. The molecule has 0 radical (unpaired) electrons. The van der Waals surface area contributed by atoms with E-state index in [1.807, 2.05) is 6.92 Å². The van der Waals surface area contributed by atoms with Gasteiger partial charge in [-0.05, 0) is 12.5 Å². The van der Waals surface area contributed by atoms with Crippen molar-refractivity contribution in [3.63, 3.8) is 0 Å². The van der Waals surface area contributed by atoms with E-state index in [4.69, 9.17) is 10.5 Å². The first kappa shape index (κ1) is 11.6. The van der Waals surface area contributed by atoms with Gasteiger partial charge in [0.1, 0.15) is 5.82 Å². The number of hydrogen-bond acceptors (Lipinski definition) is 3. The maximum Gasteiger partial charge on any atom is 0.416 e. The number of aromatic nitrogens is 1. The number of alkyl halides is 3. The van der Waals surface area contributed by atoms with Crippen LogP contribution in [-0.4, -0.2) is 11.6 Å². The summed E-state index contributed by atoms with van der Waals surface area (Å²) >= 11 is 0. The number of nitrogens with zero attached hydrogens (tertiary/aromatic N) is 1. The average molecular weight is 220 g/mol. The molecule has 0 atom stereocenters. The molecule has 0 aromatic carbocycles. The molecule has 0 amide bonds. The molecule has 6 heteroatoms. The number of rotatable bonds is 3. The zero-order valence-electron chi connectivity index (χ0n) is 8.14. The number of ether oxygens (including phenoxy) is 1. The summed E-state index contributed by atoms with van der Waals surface area (Å²) in [7, 11) is 0. The summed E-state index contributed by atoms with van der Waals surface area (Å²) in [6, 6.07) is 1.62. The quantitative estimate of drug-likeness (QED) is 0.851. The lowest BCUT2D eigenvalue weighted by molar-refractivity contribution is -0.137. The molecule has 1 rings (SSSR count). The molecule has 0 aliphatic heterocycles. The largest absolute Gasteiger partial charge is 0.478 e. The molecule has 0 aliphatic rings. The lowest BCUT2D eigenvalue weighted by Gasteiger charge is -2.10. The first-order valence-corrected chi connectivity index (χ1v) is 4.41. The van der Waals surface area contributed by atoms with Gasteiger partial charge in [-0.25, -0.2) is 0 Å². The first-order chi connectivity index (χ1) is 6.93. The van der Waals surface area contributed by atoms with E-state index < -0.39 is 11.7 Å². The van der Waals surface area contributed by atoms with E-state index in [0.29, 0.717) is 13.0 Å². The van der Waals surface area contributed by atoms with E-state index in [2.05, 4.69) is 4.98 Å². The van der Waals surface area contributed by atoms with E-state index in [1.165, 1.54) is 0 Å². The Morgan fingerprint density at radius 2 is 2.07 bits per heavy atom. The molecule has 1 aromatic heterocycles. The Hall–Kier alpha value is -1.46. The summed E-state index contributed by atoms with van der Waals surface area (Å²) < 4.78 is 42.0. The van der Waals surface area contributed by atoms with Crippen LogP contribution in [0.2, 0.25) is 0 Å². The molecule has 1 heterocycles. The van der Waals surface area contributed by atoms with Gasteiger partial charge >= 0.3 is 6.18 Å². The van der Waals surface area contributed by atoms with Gasteiger partial charge < -0.3 is 10.5 Å². The molecule has 0 saturated heterocycles. The molecular weight excluding hydrogens is 209 g/mol. The van der Waals surface area contributed by atoms with Crippen LogP contribution in [0.25, 0.3) is 0 Å². The van der Waals surface area contributed by atoms with Crippen LogP contribution in [0.1, 0.15) is 18.9 Å². The van der Waals surface area contributed by atoms with Crippen molar-refractivity contribution in [2.75, 3.05) is 12.3 Å². The van der Waals surface area contributed by atoms with Crippen molar-refractivity contribution in [3.8, 4) is 5.88 Å². The molecule has 2 N–H and O–H groups in total. The number of nitrogens with two attached hydrogens (primary N) is 1. The van der Waals surface area contributed by atoms with Gasteiger partial charge in [-0.2, -0.15) is 18.2 Å². The lowest BCUT2D eigenvalue weighted by atomic mass is 10.2. The van der Waals surface area contributed by atoms with Gasteiger partial charge in [-0.15, -0.1) is 0 Å². The minimum absolute atomic E-state index is 0.0934. The number of hydrogen-bond donors (Lipinski definition) is 1. The van der Waals surface area contributed by atoms with E-state index >= 15 is 0 Å². The second kappa shape index (κ2) is 4.37. The molecule has 15 heavy (non-hydrogen) atoms. The number of pyridine rings is 1. The van der Waals surface area contributed by atoms with Crippen LogP contribution < -0.4 is 10.5 Å². The highest BCUT2D eigenvalue weighted by Crippen LogP contribution is 2.31. The van der Waals surface area contributed by atoms with Gasteiger partial charge in [0, 0.05) is 6.07 Å². The summed E-state index contributed by atoms with van der Waals surface area (Å²) in [6.45, 7) is 2.16. The maximum atomic E-state index is 12.3. The minimum atomic E-state index is -4.43. The summed E-state index contributed by atoms with van der Waals surface area (Å²) in [5.74, 6) is -0.292. The van der Waals surface area contributed by atoms with Gasteiger partial charge in [0.15, 0.2) is 0 Å². The monoisotopic (exact) mass is 220 g/mol. The van der Waals surface area contributed by atoms with Crippen LogP contribution in [0, 0.1) is 0 Å². The smallest absolute Gasteiger partial charge is 0.416 e. The Labute approximate surface area is 85.1 Å². The van der Waals surface area contributed by atoms with Gasteiger partial charge in [-0.3, -0.25) is 0 Å². The second-order valence-corrected chi connectivity index (χ2v) is 2.97. The van der Waals surface area contributed by atoms with E-state index in [0.717, 1.165) is 12.1 Å². The average Bonchev–Trinajstić information content (AvgIpc) is 2.12. The van der Waals surface area contributed by atoms with Crippen LogP contribution in [0.4, 0.5) is 19.0 Å². The summed E-state index contributed by atoms with van der Waals surface area (Å²) in [5.41, 5.74) is 4.39. The van der Waals surface area contributed by atoms with Crippen molar-refractivity contribution in [3.05, 3.63) is 17.7 Å². The molecule has 0 aliphatic carbocycles. The Morgan fingerprint density at radius 3 is 2.60 bits per heavy atom. The van der Waals surface area contributed by atoms with Crippen LogP contribution >= 0.6 is 0 Å². The van der Waals surface area contributed by atoms with Crippen LogP contribution in [0.5, 0.6) is 5.88 Å². The van der Waals surface area contributed by atoms with Crippen molar-refractivity contribution in [1.82, 2.24) is 4.98 Å². The number of halogens is 3. The van der Waals surface area contributed by atoms with E-state index in [9.17, 15) is 13.2 Å². The molecule has 0 bridgehead atoms. The zero-order chi connectivity index (χ0) is 11.5. The molecule has 0 unspecified atom stereocenters. The van der Waals surface area contributed by atoms with Gasteiger partial charge in [0.25, 0.3) is 0 Å². The topological polar surface area (TPSA) is 48.1 Å². The number of anilines is 1. The van der Waals surface area contributed by atoms with Crippen molar-refractivity contribution >= 4 is 5.82 Å². The van der Waals surface area contributed by atoms with Crippen molar-refractivity contribution < 1.29 is 17.9 Å². The van der Waals surface area contributed by atoms with Crippen LogP contribution in [-0.2, 0) is 6.18 Å². The van der Waals surface area contributed by atoms with Gasteiger partial charge in [0.05, 0.1) is 12.2 Å². The van der Waals surface area contributed by atoms with Crippen LogP contribution in [0.3, 0.4) is 0 Å². The highest BCUT2D eigenvalue weighted by atomic mass is 19.4. The Kier molecular flexibility index (Phi) is 3.39. The highest BCUT2D eigenvalue weighted by Gasteiger charge is 2.31. The Morgan fingerprint density at radius 1 is 1.40 bits per heavy atom. The van der Waals surface area contributed by atoms with Gasteiger partial charge in [0.2, 0.25) is 5.88 Å². The fourth-order valence-corrected chi connectivity index (χ4v) is 0.970. The molecule has 0 spiro atoms. The summed E-state index contributed by atoms with van der Waals surface area (Å²) in [4.78, 5) is 3.64. The summed E-state index contributed by atoms with van der Waals surface area (Å²) in [5, 5.41) is 0. The van der Waals surface area contributed by atoms with E-state index in [1.54, 1.807) is 0 Å². The van der Waals surface area contributed by atoms with Crippen LogP contribution in [0.15, 0.2) is 12.1 Å². The highest BCUT2D eigenvalue weighted by molar-refractivity contribution is 5.38. The SMILES string of the molecule is CCCOc1cc(C(F)(F)F)cc(N)n1. The normalized spacial score (nSPS) is 11.5.